The molecule has 0 unspecified atom stereocenters. The first-order valence-corrected chi connectivity index (χ1v) is 10.3. The molecule has 1 amide bonds. The molecule has 31 heavy (non-hydrogen) atoms. The molecule has 5 rings (SSSR count). The third-order valence-electron chi connectivity index (χ3n) is 4.25. The van der Waals surface area contributed by atoms with E-state index >= 15 is 0 Å². The van der Waals surface area contributed by atoms with Crippen molar-refractivity contribution in [1.29, 1.82) is 0 Å². The Morgan fingerprint density at radius 2 is 2.06 bits per heavy atom. The van der Waals surface area contributed by atoms with Gasteiger partial charge in [0.15, 0.2) is 11.5 Å². The summed E-state index contributed by atoms with van der Waals surface area (Å²) in [7, 11) is 0. The van der Waals surface area contributed by atoms with Gasteiger partial charge in [-0.2, -0.15) is 5.10 Å². The summed E-state index contributed by atoms with van der Waals surface area (Å²) >= 11 is 7.20. The summed E-state index contributed by atoms with van der Waals surface area (Å²) in [6.07, 6.45) is 2.94. The van der Waals surface area contributed by atoms with E-state index in [1.165, 1.54) is 17.3 Å². The van der Waals surface area contributed by atoms with Crippen molar-refractivity contribution in [3.05, 3.63) is 54.1 Å². The van der Waals surface area contributed by atoms with Crippen LogP contribution >= 0.6 is 23.4 Å². The number of carbonyl (C=O) groups is 1. The Morgan fingerprint density at radius 1 is 1.16 bits per heavy atom. The Kier molecular flexibility index (Phi) is 5.18. The average Bonchev–Trinajstić information content (AvgIpc) is 3.53. The quantitative estimate of drug-likeness (QED) is 0.435. The Balaban J connectivity index is 1.25. The normalized spacial score (nSPS) is 12.2. The lowest BCUT2D eigenvalue weighted by atomic mass is 10.2. The number of fused-ring (bicyclic) bond motifs is 1. The predicted molar refractivity (Wildman–Crippen MR) is 112 cm³/mol. The van der Waals surface area contributed by atoms with Crippen LogP contribution in [-0.4, -0.2) is 43.4 Å². The van der Waals surface area contributed by atoms with Gasteiger partial charge in [-0.05, 0) is 36.4 Å². The third kappa shape index (κ3) is 4.18. The Labute approximate surface area is 184 Å². The molecule has 1 N–H and O–H groups in total. The number of anilines is 1. The number of carbonyl (C=O) groups excluding carboxylic acids is 1. The Morgan fingerprint density at radius 3 is 2.94 bits per heavy atom. The fourth-order valence-corrected chi connectivity index (χ4v) is 3.60. The van der Waals surface area contributed by atoms with E-state index in [-0.39, 0.29) is 23.7 Å². The molecule has 2 aromatic carbocycles. The molecule has 0 aliphatic carbocycles. The van der Waals surface area contributed by atoms with Crippen molar-refractivity contribution in [3.63, 3.8) is 0 Å². The van der Waals surface area contributed by atoms with Crippen molar-refractivity contribution >= 4 is 35.0 Å². The number of halogens is 1. The molecule has 0 saturated carbocycles. The molecule has 0 fully saturated rings. The minimum absolute atomic E-state index is 0.0616. The highest BCUT2D eigenvalue weighted by Crippen LogP contribution is 2.36. The summed E-state index contributed by atoms with van der Waals surface area (Å²) in [4.78, 5) is 16.4. The number of nitrogens with one attached hydrogen (secondary N) is 1. The highest BCUT2D eigenvalue weighted by atomic mass is 35.5. The lowest BCUT2D eigenvalue weighted by Crippen LogP contribution is -2.16. The molecule has 156 valence electrons. The number of thioether (sulfide) groups is 1. The maximum absolute atomic E-state index is 12.5. The predicted octanol–water partition coefficient (Wildman–Crippen LogP) is 3.43. The minimum atomic E-state index is -0.267. The van der Waals surface area contributed by atoms with Crippen molar-refractivity contribution in [2.24, 2.45) is 0 Å². The lowest BCUT2D eigenvalue weighted by Gasteiger charge is -2.10. The summed E-state index contributed by atoms with van der Waals surface area (Å²) in [5, 5.41) is 15.7. The zero-order valence-electron chi connectivity index (χ0n) is 15.7. The molecule has 0 spiro atoms. The van der Waals surface area contributed by atoms with E-state index in [2.05, 4.69) is 25.6 Å². The molecule has 1 aliphatic heterocycles. The second-order valence-electron chi connectivity index (χ2n) is 6.28. The van der Waals surface area contributed by atoms with E-state index in [1.54, 1.807) is 36.4 Å². The first kappa shape index (κ1) is 19.4. The smallest absolute Gasteiger partial charge is 0.277 e. The monoisotopic (exact) mass is 456 g/mol. The zero-order chi connectivity index (χ0) is 21.2. The Bertz CT molecular complexity index is 1250. The molecule has 1 aliphatic rings. The van der Waals surface area contributed by atoms with Crippen LogP contribution in [0.2, 0.25) is 5.02 Å². The van der Waals surface area contributed by atoms with Gasteiger partial charge >= 0.3 is 0 Å². The Hall–Kier alpha value is -3.57. The minimum Gasteiger partial charge on any atom is -0.454 e. The van der Waals surface area contributed by atoms with Crippen LogP contribution in [0.5, 0.6) is 11.5 Å². The van der Waals surface area contributed by atoms with Crippen molar-refractivity contribution in [3.8, 4) is 28.6 Å². The maximum Gasteiger partial charge on any atom is 0.277 e. The number of amides is 1. The van der Waals surface area contributed by atoms with Gasteiger partial charge in [0, 0.05) is 10.6 Å². The summed E-state index contributed by atoms with van der Waals surface area (Å²) in [6, 6.07) is 10.4. The van der Waals surface area contributed by atoms with Crippen LogP contribution in [0, 0.1) is 0 Å². The fraction of sp³-hybridized carbons (Fsp3) is 0.105. The summed E-state index contributed by atoms with van der Waals surface area (Å²) in [5.74, 6) is 1.40. The largest absolute Gasteiger partial charge is 0.454 e. The number of benzene rings is 2. The summed E-state index contributed by atoms with van der Waals surface area (Å²) in [6.45, 7) is 0.185. The molecule has 4 aromatic rings. The van der Waals surface area contributed by atoms with Gasteiger partial charge in [-0.1, -0.05) is 23.4 Å². The molecule has 0 radical (unpaired) electrons. The molecule has 10 nitrogen and oxygen atoms in total. The van der Waals surface area contributed by atoms with Crippen LogP contribution in [0.15, 0.2) is 58.7 Å². The van der Waals surface area contributed by atoms with Crippen LogP contribution < -0.4 is 14.8 Å². The average molecular weight is 457 g/mol. The van der Waals surface area contributed by atoms with Crippen LogP contribution in [0.1, 0.15) is 0 Å². The molecule has 3 heterocycles. The first-order valence-electron chi connectivity index (χ1n) is 8.96. The number of ether oxygens (including phenoxy) is 2. The van der Waals surface area contributed by atoms with E-state index in [0.29, 0.717) is 39.4 Å². The number of nitrogens with zero attached hydrogens (tertiary/aromatic N) is 5. The SMILES string of the molecule is O=C(CSc1nnc(-c2ccc3c(c2)OCO3)o1)Nc1cc(Cl)ccc1-n1cncn1. The van der Waals surface area contributed by atoms with Gasteiger partial charge in [0.2, 0.25) is 18.6 Å². The number of rotatable bonds is 6. The van der Waals surface area contributed by atoms with Gasteiger partial charge in [0.1, 0.15) is 12.7 Å². The van der Waals surface area contributed by atoms with Gasteiger partial charge in [-0.25, -0.2) is 9.67 Å². The molecular weight excluding hydrogens is 444 g/mol. The topological polar surface area (TPSA) is 117 Å². The van der Waals surface area contributed by atoms with Gasteiger partial charge in [0.05, 0.1) is 17.1 Å². The molecule has 0 atom stereocenters. The van der Waals surface area contributed by atoms with Crippen LogP contribution in [0.25, 0.3) is 17.1 Å². The number of aromatic nitrogens is 5. The highest BCUT2D eigenvalue weighted by Gasteiger charge is 2.17. The van der Waals surface area contributed by atoms with E-state index in [4.69, 9.17) is 25.5 Å². The first-order chi connectivity index (χ1) is 15.2. The third-order valence-corrected chi connectivity index (χ3v) is 5.30. The lowest BCUT2D eigenvalue weighted by molar-refractivity contribution is -0.113. The van der Waals surface area contributed by atoms with Crippen molar-refractivity contribution < 1.29 is 18.7 Å². The van der Waals surface area contributed by atoms with Crippen LogP contribution in [-0.2, 0) is 4.79 Å². The standard InChI is InChI=1S/C19H13ClN6O4S/c20-12-2-3-14(26-9-21-8-22-26)13(6-12)23-17(27)7-31-19-25-24-18(30-19)11-1-4-15-16(5-11)29-10-28-15/h1-6,8-9H,7,10H2,(H,23,27). The van der Waals surface area contributed by atoms with Crippen molar-refractivity contribution in [2.75, 3.05) is 17.9 Å². The van der Waals surface area contributed by atoms with Gasteiger partial charge in [-0.3, -0.25) is 4.79 Å². The van der Waals surface area contributed by atoms with E-state index in [0.717, 1.165) is 11.8 Å². The van der Waals surface area contributed by atoms with Gasteiger partial charge in [-0.15, -0.1) is 10.2 Å². The molecule has 0 bridgehead atoms. The van der Waals surface area contributed by atoms with Gasteiger partial charge in [0.25, 0.3) is 5.22 Å². The second kappa shape index (κ2) is 8.28. The fourth-order valence-electron chi connectivity index (χ4n) is 2.87. The molecule has 0 saturated heterocycles. The van der Waals surface area contributed by atoms with E-state index in [1.807, 2.05) is 0 Å². The second-order valence-corrected chi connectivity index (χ2v) is 7.64. The molecule has 12 heteroatoms. The summed E-state index contributed by atoms with van der Waals surface area (Å²) < 4.78 is 17.8. The maximum atomic E-state index is 12.5. The molecule has 2 aromatic heterocycles. The summed E-state index contributed by atoms with van der Waals surface area (Å²) in [5.41, 5.74) is 1.85. The van der Waals surface area contributed by atoms with Crippen molar-refractivity contribution in [1.82, 2.24) is 25.0 Å². The van der Waals surface area contributed by atoms with E-state index in [9.17, 15) is 4.79 Å². The number of hydrogen-bond acceptors (Lipinski definition) is 9. The van der Waals surface area contributed by atoms with Gasteiger partial charge < -0.3 is 19.2 Å². The number of hydrogen-bond donors (Lipinski definition) is 1. The van der Waals surface area contributed by atoms with Crippen LogP contribution in [0.3, 0.4) is 0 Å². The van der Waals surface area contributed by atoms with Crippen molar-refractivity contribution in [2.45, 2.75) is 5.22 Å². The van der Waals surface area contributed by atoms with E-state index < -0.39 is 0 Å². The van der Waals surface area contributed by atoms with Crippen LogP contribution in [0.4, 0.5) is 5.69 Å². The molecular formula is C19H13ClN6O4S. The highest BCUT2D eigenvalue weighted by molar-refractivity contribution is 7.99. The zero-order valence-corrected chi connectivity index (χ0v) is 17.3.